The first-order chi connectivity index (χ1) is 5.58. The lowest BCUT2D eigenvalue weighted by atomic mass is 10.1. The second-order valence-corrected chi connectivity index (χ2v) is 3.14. The lowest BCUT2D eigenvalue weighted by Gasteiger charge is -1.99. The molecular weight excluding hydrogens is 176 g/mol. The van der Waals surface area contributed by atoms with Crippen LogP contribution in [-0.4, -0.2) is 11.1 Å². The number of benzene rings is 1. The highest BCUT2D eigenvalue weighted by Crippen LogP contribution is 2.14. The van der Waals surface area contributed by atoms with E-state index < -0.39 is 5.97 Å². The van der Waals surface area contributed by atoms with Gasteiger partial charge in [-0.1, -0.05) is 17.7 Å². The SMILES string of the molecule is Cc1cc(Cl)cc(CC(=O)O)c1. The van der Waals surface area contributed by atoms with Crippen LogP contribution in [0.5, 0.6) is 0 Å². The number of hydrogen-bond donors (Lipinski definition) is 1. The molecule has 0 saturated carbocycles. The van der Waals surface area contributed by atoms with Crippen molar-refractivity contribution in [3.8, 4) is 0 Å². The number of rotatable bonds is 2. The normalized spacial score (nSPS) is 9.83. The van der Waals surface area contributed by atoms with Crippen LogP contribution in [0.15, 0.2) is 18.2 Å². The van der Waals surface area contributed by atoms with Crippen molar-refractivity contribution < 1.29 is 9.90 Å². The van der Waals surface area contributed by atoms with E-state index in [1.165, 1.54) is 0 Å². The van der Waals surface area contributed by atoms with E-state index in [0.717, 1.165) is 11.1 Å². The van der Waals surface area contributed by atoms with Crippen LogP contribution in [0.3, 0.4) is 0 Å². The van der Waals surface area contributed by atoms with Crippen molar-refractivity contribution in [2.45, 2.75) is 13.3 Å². The number of aryl methyl sites for hydroxylation is 1. The number of carbonyl (C=O) groups is 1. The molecule has 0 fully saturated rings. The van der Waals surface area contributed by atoms with Gasteiger partial charge in [-0.15, -0.1) is 0 Å². The van der Waals surface area contributed by atoms with Gasteiger partial charge in [-0.3, -0.25) is 4.79 Å². The molecule has 0 spiro atoms. The minimum Gasteiger partial charge on any atom is -0.481 e. The van der Waals surface area contributed by atoms with E-state index in [0.29, 0.717) is 5.02 Å². The first-order valence-corrected chi connectivity index (χ1v) is 3.93. The molecule has 0 aliphatic carbocycles. The second-order valence-electron chi connectivity index (χ2n) is 2.71. The smallest absolute Gasteiger partial charge is 0.307 e. The zero-order chi connectivity index (χ0) is 9.14. The fourth-order valence-electron chi connectivity index (χ4n) is 1.09. The Balaban J connectivity index is 2.93. The molecule has 12 heavy (non-hydrogen) atoms. The van der Waals surface area contributed by atoms with E-state index in [2.05, 4.69) is 0 Å². The zero-order valence-electron chi connectivity index (χ0n) is 6.67. The molecule has 1 aromatic carbocycles. The average Bonchev–Trinajstić information content (AvgIpc) is 1.81. The van der Waals surface area contributed by atoms with Crippen molar-refractivity contribution in [2.75, 3.05) is 0 Å². The maximum Gasteiger partial charge on any atom is 0.307 e. The standard InChI is InChI=1S/C9H9ClO2/c1-6-2-7(5-9(11)12)4-8(10)3-6/h2-4H,5H2,1H3,(H,11,12). The fraction of sp³-hybridized carbons (Fsp3) is 0.222. The predicted molar refractivity (Wildman–Crippen MR) is 47.5 cm³/mol. The van der Waals surface area contributed by atoms with Crippen LogP contribution in [0, 0.1) is 6.92 Å². The number of carboxylic acid groups (broad SMARTS) is 1. The lowest BCUT2D eigenvalue weighted by molar-refractivity contribution is -0.136. The van der Waals surface area contributed by atoms with Gasteiger partial charge in [-0.05, 0) is 30.2 Å². The Bertz CT molecular complexity index is 287. The van der Waals surface area contributed by atoms with Gasteiger partial charge in [0, 0.05) is 5.02 Å². The Labute approximate surface area is 75.8 Å². The van der Waals surface area contributed by atoms with E-state index >= 15 is 0 Å². The first-order valence-electron chi connectivity index (χ1n) is 3.56. The van der Waals surface area contributed by atoms with Crippen LogP contribution >= 0.6 is 11.6 Å². The fourth-order valence-corrected chi connectivity index (χ4v) is 1.40. The molecule has 0 heterocycles. The highest BCUT2D eigenvalue weighted by molar-refractivity contribution is 6.30. The number of aliphatic carboxylic acids is 1. The van der Waals surface area contributed by atoms with Crippen LogP contribution < -0.4 is 0 Å². The Hall–Kier alpha value is -1.02. The van der Waals surface area contributed by atoms with Crippen LogP contribution in [0.25, 0.3) is 0 Å². The third-order valence-electron chi connectivity index (χ3n) is 1.46. The molecule has 0 radical (unpaired) electrons. The predicted octanol–water partition coefficient (Wildman–Crippen LogP) is 2.28. The summed E-state index contributed by atoms with van der Waals surface area (Å²) >= 11 is 5.74. The van der Waals surface area contributed by atoms with Gasteiger partial charge in [-0.25, -0.2) is 0 Å². The van der Waals surface area contributed by atoms with Crippen molar-refractivity contribution in [3.63, 3.8) is 0 Å². The van der Waals surface area contributed by atoms with E-state index in [1.807, 2.05) is 13.0 Å². The van der Waals surface area contributed by atoms with E-state index in [1.54, 1.807) is 12.1 Å². The number of carboxylic acids is 1. The van der Waals surface area contributed by atoms with Gasteiger partial charge in [0.2, 0.25) is 0 Å². The summed E-state index contributed by atoms with van der Waals surface area (Å²) < 4.78 is 0. The summed E-state index contributed by atoms with van der Waals surface area (Å²) in [5.74, 6) is -0.836. The van der Waals surface area contributed by atoms with Gasteiger partial charge in [0.1, 0.15) is 0 Å². The van der Waals surface area contributed by atoms with Gasteiger partial charge in [0.25, 0.3) is 0 Å². The van der Waals surface area contributed by atoms with Gasteiger partial charge in [0.15, 0.2) is 0 Å². The molecule has 1 rings (SSSR count). The summed E-state index contributed by atoms with van der Waals surface area (Å²) in [5.41, 5.74) is 1.73. The molecule has 0 atom stereocenters. The molecule has 1 N–H and O–H groups in total. The highest BCUT2D eigenvalue weighted by atomic mass is 35.5. The van der Waals surface area contributed by atoms with Gasteiger partial charge >= 0.3 is 5.97 Å². The molecular formula is C9H9ClO2. The zero-order valence-corrected chi connectivity index (χ0v) is 7.43. The molecule has 0 aromatic heterocycles. The Morgan fingerprint density at radius 2 is 2.17 bits per heavy atom. The Kier molecular flexibility index (Phi) is 2.71. The third kappa shape index (κ3) is 2.55. The number of hydrogen-bond acceptors (Lipinski definition) is 1. The minimum atomic E-state index is -0.836. The van der Waals surface area contributed by atoms with Crippen molar-refractivity contribution in [2.24, 2.45) is 0 Å². The monoisotopic (exact) mass is 184 g/mol. The van der Waals surface area contributed by atoms with Gasteiger partial charge in [0.05, 0.1) is 6.42 Å². The van der Waals surface area contributed by atoms with Crippen LogP contribution in [-0.2, 0) is 11.2 Å². The molecule has 2 nitrogen and oxygen atoms in total. The van der Waals surface area contributed by atoms with E-state index in [-0.39, 0.29) is 6.42 Å². The maximum atomic E-state index is 10.3. The van der Waals surface area contributed by atoms with Gasteiger partial charge in [-0.2, -0.15) is 0 Å². The molecule has 0 unspecified atom stereocenters. The summed E-state index contributed by atoms with van der Waals surface area (Å²) in [6.07, 6.45) is 0.0292. The molecule has 0 aliphatic heterocycles. The average molecular weight is 185 g/mol. The molecule has 0 aliphatic rings. The second kappa shape index (κ2) is 3.59. The lowest BCUT2D eigenvalue weighted by Crippen LogP contribution is -1.99. The quantitative estimate of drug-likeness (QED) is 0.766. The molecule has 0 saturated heterocycles. The van der Waals surface area contributed by atoms with E-state index in [4.69, 9.17) is 16.7 Å². The largest absolute Gasteiger partial charge is 0.481 e. The molecule has 3 heteroatoms. The molecule has 1 aromatic rings. The molecule has 64 valence electrons. The highest BCUT2D eigenvalue weighted by Gasteiger charge is 2.01. The van der Waals surface area contributed by atoms with Crippen molar-refractivity contribution >= 4 is 17.6 Å². The summed E-state index contributed by atoms with van der Waals surface area (Å²) in [4.78, 5) is 10.3. The minimum absolute atomic E-state index is 0.0292. The first kappa shape index (κ1) is 9.07. The summed E-state index contributed by atoms with van der Waals surface area (Å²) in [5, 5.41) is 9.09. The summed E-state index contributed by atoms with van der Waals surface area (Å²) in [6, 6.07) is 5.29. The Morgan fingerprint density at radius 1 is 1.50 bits per heavy atom. The van der Waals surface area contributed by atoms with Crippen molar-refractivity contribution in [1.29, 1.82) is 0 Å². The van der Waals surface area contributed by atoms with Crippen LogP contribution in [0.4, 0.5) is 0 Å². The topological polar surface area (TPSA) is 37.3 Å². The summed E-state index contributed by atoms with van der Waals surface area (Å²) in [6.45, 7) is 1.89. The number of halogens is 1. The Morgan fingerprint density at radius 3 is 2.67 bits per heavy atom. The van der Waals surface area contributed by atoms with Gasteiger partial charge < -0.3 is 5.11 Å². The molecule has 0 bridgehead atoms. The van der Waals surface area contributed by atoms with Crippen molar-refractivity contribution in [1.82, 2.24) is 0 Å². The van der Waals surface area contributed by atoms with E-state index in [9.17, 15) is 4.79 Å². The summed E-state index contributed by atoms with van der Waals surface area (Å²) in [7, 11) is 0. The van der Waals surface area contributed by atoms with Crippen LogP contribution in [0.2, 0.25) is 5.02 Å². The maximum absolute atomic E-state index is 10.3. The third-order valence-corrected chi connectivity index (χ3v) is 1.68. The molecule has 0 amide bonds. The van der Waals surface area contributed by atoms with Crippen molar-refractivity contribution in [3.05, 3.63) is 34.3 Å². The van der Waals surface area contributed by atoms with Crippen LogP contribution in [0.1, 0.15) is 11.1 Å².